The number of halogens is 2. The van der Waals surface area contributed by atoms with Crippen molar-refractivity contribution in [3.63, 3.8) is 0 Å². The zero-order valence-corrected chi connectivity index (χ0v) is 19.8. The van der Waals surface area contributed by atoms with Crippen molar-refractivity contribution in [1.29, 1.82) is 0 Å². The topological polar surface area (TPSA) is 36.9 Å². The van der Waals surface area contributed by atoms with Gasteiger partial charge in [-0.1, -0.05) is 23.7 Å². The molecular weight excluding hydrogens is 481 g/mol. The summed E-state index contributed by atoms with van der Waals surface area (Å²) < 4.78 is 5.59. The molecule has 1 aromatic rings. The minimum atomic E-state index is 0. The van der Waals surface area contributed by atoms with Crippen LogP contribution in [0.5, 0.6) is 0 Å². The van der Waals surface area contributed by atoms with Crippen molar-refractivity contribution in [2.24, 2.45) is 10.9 Å². The Morgan fingerprint density at radius 1 is 1.46 bits per heavy atom. The van der Waals surface area contributed by atoms with Crippen molar-refractivity contribution < 1.29 is 4.74 Å². The Morgan fingerprint density at radius 2 is 2.27 bits per heavy atom. The molecular formula is C19H31ClIN3OS. The van der Waals surface area contributed by atoms with Gasteiger partial charge in [-0.15, -0.1) is 24.0 Å². The SMILES string of the molecule is CCNC(=NCC(SC)c1cccc(Cl)c1)N1CCC(COCC)C1.I. The third-order valence-corrected chi connectivity index (χ3v) is 5.62. The molecule has 1 N–H and O–H groups in total. The maximum absolute atomic E-state index is 6.14. The molecule has 0 bridgehead atoms. The van der Waals surface area contributed by atoms with E-state index < -0.39 is 0 Å². The molecule has 0 aliphatic carbocycles. The average molecular weight is 512 g/mol. The quantitative estimate of drug-likeness (QED) is 0.312. The highest BCUT2D eigenvalue weighted by atomic mass is 127. The number of hydrogen-bond acceptors (Lipinski definition) is 3. The van der Waals surface area contributed by atoms with Gasteiger partial charge in [0.15, 0.2) is 5.96 Å². The second-order valence-corrected chi connectivity index (χ2v) is 7.71. The minimum absolute atomic E-state index is 0. The molecule has 2 rings (SSSR count). The number of aliphatic imine (C=N–C) groups is 1. The molecule has 0 amide bonds. The van der Waals surface area contributed by atoms with Crippen LogP contribution in [0.2, 0.25) is 5.02 Å². The summed E-state index contributed by atoms with van der Waals surface area (Å²) in [5.41, 5.74) is 1.23. The Morgan fingerprint density at radius 3 is 2.92 bits per heavy atom. The van der Waals surface area contributed by atoms with E-state index in [9.17, 15) is 0 Å². The number of rotatable bonds is 8. The number of nitrogens with one attached hydrogen (secondary N) is 1. The Hall–Kier alpha value is -0.180. The molecule has 1 aromatic carbocycles. The number of likely N-dealkylation sites (tertiary alicyclic amines) is 1. The van der Waals surface area contributed by atoms with Gasteiger partial charge in [0, 0.05) is 42.4 Å². The largest absolute Gasteiger partial charge is 0.381 e. The lowest BCUT2D eigenvalue weighted by molar-refractivity contribution is 0.114. The highest BCUT2D eigenvalue weighted by Crippen LogP contribution is 2.29. The van der Waals surface area contributed by atoms with Gasteiger partial charge in [-0.05, 0) is 44.2 Å². The number of guanidine groups is 1. The molecule has 148 valence electrons. The molecule has 1 aliphatic heterocycles. The number of hydrogen-bond donors (Lipinski definition) is 1. The van der Waals surface area contributed by atoms with E-state index in [4.69, 9.17) is 21.3 Å². The lowest BCUT2D eigenvalue weighted by Gasteiger charge is -2.23. The number of ether oxygens (including phenoxy) is 1. The van der Waals surface area contributed by atoms with E-state index in [-0.39, 0.29) is 24.0 Å². The van der Waals surface area contributed by atoms with Crippen LogP contribution in [-0.4, -0.2) is 56.5 Å². The third-order valence-electron chi connectivity index (χ3n) is 4.39. The molecule has 2 atom stereocenters. The zero-order valence-electron chi connectivity index (χ0n) is 15.9. The van der Waals surface area contributed by atoms with E-state index in [1.165, 1.54) is 12.0 Å². The summed E-state index contributed by atoms with van der Waals surface area (Å²) in [6.45, 7) is 9.51. The van der Waals surface area contributed by atoms with Gasteiger partial charge >= 0.3 is 0 Å². The van der Waals surface area contributed by atoms with Crippen LogP contribution in [0.1, 0.15) is 31.1 Å². The maximum Gasteiger partial charge on any atom is 0.193 e. The highest BCUT2D eigenvalue weighted by Gasteiger charge is 2.25. The van der Waals surface area contributed by atoms with Crippen LogP contribution in [0.25, 0.3) is 0 Å². The van der Waals surface area contributed by atoms with Crippen molar-refractivity contribution in [3.05, 3.63) is 34.9 Å². The number of benzene rings is 1. The van der Waals surface area contributed by atoms with E-state index in [2.05, 4.69) is 36.4 Å². The Bertz CT molecular complexity index is 561. The van der Waals surface area contributed by atoms with Gasteiger partial charge in [0.1, 0.15) is 0 Å². The molecule has 26 heavy (non-hydrogen) atoms. The molecule has 1 heterocycles. The second kappa shape index (κ2) is 13.1. The van der Waals surface area contributed by atoms with Crippen molar-refractivity contribution in [1.82, 2.24) is 10.2 Å². The van der Waals surface area contributed by atoms with Crippen LogP contribution in [-0.2, 0) is 4.74 Å². The lowest BCUT2D eigenvalue weighted by atomic mass is 10.1. The van der Waals surface area contributed by atoms with Crippen LogP contribution in [0.3, 0.4) is 0 Å². The van der Waals surface area contributed by atoms with Crippen molar-refractivity contribution in [3.8, 4) is 0 Å². The summed E-state index contributed by atoms with van der Waals surface area (Å²) in [6.07, 6.45) is 3.30. The molecule has 1 saturated heterocycles. The van der Waals surface area contributed by atoms with Crippen LogP contribution < -0.4 is 5.32 Å². The van der Waals surface area contributed by atoms with Gasteiger partial charge in [0.05, 0.1) is 13.2 Å². The third kappa shape index (κ3) is 7.44. The predicted molar refractivity (Wildman–Crippen MR) is 125 cm³/mol. The summed E-state index contributed by atoms with van der Waals surface area (Å²) in [5, 5.41) is 4.54. The molecule has 1 aliphatic rings. The summed E-state index contributed by atoms with van der Waals surface area (Å²) in [6, 6.07) is 8.09. The fourth-order valence-corrected chi connectivity index (χ4v) is 3.90. The summed E-state index contributed by atoms with van der Waals surface area (Å²) in [7, 11) is 0. The molecule has 0 radical (unpaired) electrons. The lowest BCUT2D eigenvalue weighted by Crippen LogP contribution is -2.40. The van der Waals surface area contributed by atoms with Gasteiger partial charge in [0.2, 0.25) is 0 Å². The highest BCUT2D eigenvalue weighted by molar-refractivity contribution is 14.0. The van der Waals surface area contributed by atoms with Gasteiger partial charge < -0.3 is 15.0 Å². The first-order valence-corrected chi connectivity index (χ1v) is 10.7. The molecule has 2 unspecified atom stereocenters. The summed E-state index contributed by atoms with van der Waals surface area (Å²) in [5.74, 6) is 1.62. The fraction of sp³-hybridized carbons (Fsp3) is 0.632. The number of thioether (sulfide) groups is 1. The van der Waals surface area contributed by atoms with E-state index >= 15 is 0 Å². The van der Waals surface area contributed by atoms with Crippen LogP contribution in [0.4, 0.5) is 0 Å². The second-order valence-electron chi connectivity index (χ2n) is 6.23. The number of nitrogens with zero attached hydrogens (tertiary/aromatic N) is 2. The van der Waals surface area contributed by atoms with Gasteiger partial charge in [-0.3, -0.25) is 4.99 Å². The van der Waals surface area contributed by atoms with Crippen LogP contribution >= 0.6 is 47.3 Å². The molecule has 7 heteroatoms. The predicted octanol–water partition coefficient (Wildman–Crippen LogP) is 4.69. The van der Waals surface area contributed by atoms with Gasteiger partial charge in [-0.25, -0.2) is 0 Å². The molecule has 0 saturated carbocycles. The van der Waals surface area contributed by atoms with Gasteiger partial charge in [0.25, 0.3) is 0 Å². The Kier molecular flexibility index (Phi) is 12.0. The van der Waals surface area contributed by atoms with Crippen molar-refractivity contribution >= 4 is 53.3 Å². The fourth-order valence-electron chi connectivity index (χ4n) is 3.06. The standard InChI is InChI=1S/C19H30ClN3OS.HI/c1-4-21-19(23-10-9-15(13-23)14-24-5-2)22-12-18(25-3)16-7-6-8-17(20)11-16;/h6-8,11,15,18H,4-5,9-10,12-14H2,1-3H3,(H,21,22);1H. The van der Waals surface area contributed by atoms with Crippen LogP contribution in [0, 0.1) is 5.92 Å². The maximum atomic E-state index is 6.14. The molecule has 0 spiro atoms. The monoisotopic (exact) mass is 511 g/mol. The minimum Gasteiger partial charge on any atom is -0.381 e. The first kappa shape index (κ1) is 23.9. The smallest absolute Gasteiger partial charge is 0.193 e. The first-order chi connectivity index (χ1) is 12.2. The van der Waals surface area contributed by atoms with Crippen molar-refractivity contribution in [2.75, 3.05) is 45.6 Å². The molecule has 0 aromatic heterocycles. The Balaban J connectivity index is 0.00000338. The molecule has 4 nitrogen and oxygen atoms in total. The first-order valence-electron chi connectivity index (χ1n) is 9.07. The summed E-state index contributed by atoms with van der Waals surface area (Å²) in [4.78, 5) is 7.28. The average Bonchev–Trinajstić information content (AvgIpc) is 3.08. The summed E-state index contributed by atoms with van der Waals surface area (Å²) >= 11 is 7.96. The zero-order chi connectivity index (χ0) is 18.1. The van der Waals surface area contributed by atoms with E-state index in [1.807, 2.05) is 30.0 Å². The normalized spacial score (nSPS) is 18.5. The van der Waals surface area contributed by atoms with Crippen LogP contribution in [0.15, 0.2) is 29.3 Å². The van der Waals surface area contributed by atoms with Gasteiger partial charge in [-0.2, -0.15) is 11.8 Å². The Labute approximate surface area is 184 Å². The van der Waals surface area contributed by atoms with Crippen molar-refractivity contribution in [2.45, 2.75) is 25.5 Å². The van der Waals surface area contributed by atoms with E-state index in [0.29, 0.717) is 11.2 Å². The van der Waals surface area contributed by atoms with E-state index in [1.54, 1.807) is 0 Å². The van der Waals surface area contributed by atoms with E-state index in [0.717, 1.165) is 50.4 Å². The molecule has 1 fully saturated rings.